The van der Waals surface area contributed by atoms with Crippen molar-refractivity contribution < 1.29 is 18.3 Å². The monoisotopic (exact) mass is 200 g/mol. The van der Waals surface area contributed by atoms with Gasteiger partial charge in [0.05, 0.1) is 12.7 Å². The van der Waals surface area contributed by atoms with Gasteiger partial charge in [-0.2, -0.15) is 0 Å². The number of ketones is 1. The van der Waals surface area contributed by atoms with Gasteiger partial charge < -0.3 is 4.74 Å². The van der Waals surface area contributed by atoms with Crippen molar-refractivity contribution in [2.75, 3.05) is 7.11 Å². The number of hydrogen-bond acceptors (Lipinski definition) is 2. The average Bonchev–Trinajstić information content (AvgIpc) is 2.16. The van der Waals surface area contributed by atoms with Crippen LogP contribution in [0.2, 0.25) is 0 Å². The Balaban J connectivity index is 3.20. The molecule has 0 saturated heterocycles. The highest BCUT2D eigenvalue weighted by molar-refractivity contribution is 6.01. The molecule has 14 heavy (non-hydrogen) atoms. The van der Waals surface area contributed by atoms with Crippen LogP contribution in [0.25, 0.3) is 0 Å². The second-order valence-corrected chi connectivity index (χ2v) is 2.82. The third kappa shape index (κ3) is 1.89. The number of rotatable bonds is 3. The maximum Gasteiger partial charge on any atom is 0.300 e. The number of carbonyl (C=O) groups is 1. The maximum absolute atomic E-state index is 12.2. The standard InChI is InChI=1S/C10H10F2O2/c1-6-4-3-5-7(9(6)14-2)8(13)10(11)12/h3-5,10H,1-2H3. The van der Waals surface area contributed by atoms with Crippen molar-refractivity contribution in [1.82, 2.24) is 0 Å². The fraction of sp³-hybridized carbons (Fsp3) is 0.300. The predicted molar refractivity (Wildman–Crippen MR) is 48.1 cm³/mol. The van der Waals surface area contributed by atoms with Gasteiger partial charge in [-0.05, 0) is 18.6 Å². The lowest BCUT2D eigenvalue weighted by Gasteiger charge is -2.09. The van der Waals surface area contributed by atoms with Crippen LogP contribution < -0.4 is 4.74 Å². The summed E-state index contributed by atoms with van der Waals surface area (Å²) in [6.07, 6.45) is -2.99. The van der Waals surface area contributed by atoms with E-state index in [1.54, 1.807) is 19.1 Å². The molecule has 0 atom stereocenters. The number of methoxy groups -OCH3 is 1. The summed E-state index contributed by atoms with van der Waals surface area (Å²) in [5.41, 5.74) is 0.599. The Morgan fingerprint density at radius 3 is 2.57 bits per heavy atom. The van der Waals surface area contributed by atoms with Crippen LogP contribution in [0.3, 0.4) is 0 Å². The largest absolute Gasteiger partial charge is 0.496 e. The van der Waals surface area contributed by atoms with Gasteiger partial charge in [0.2, 0.25) is 5.78 Å². The summed E-state index contributed by atoms with van der Waals surface area (Å²) >= 11 is 0. The molecule has 0 unspecified atom stereocenters. The minimum atomic E-state index is -2.99. The minimum absolute atomic E-state index is 0.0671. The number of Topliss-reactive ketones (excluding diaryl/α,β-unsaturated/α-hetero) is 1. The van der Waals surface area contributed by atoms with Gasteiger partial charge in [0.15, 0.2) is 0 Å². The van der Waals surface area contributed by atoms with E-state index < -0.39 is 12.2 Å². The normalized spacial score (nSPS) is 10.4. The van der Waals surface area contributed by atoms with E-state index >= 15 is 0 Å². The zero-order chi connectivity index (χ0) is 10.7. The number of hydrogen-bond donors (Lipinski definition) is 0. The molecule has 0 aliphatic rings. The molecular formula is C10H10F2O2. The van der Waals surface area contributed by atoms with E-state index in [1.807, 2.05) is 0 Å². The van der Waals surface area contributed by atoms with Gasteiger partial charge in [-0.25, -0.2) is 8.78 Å². The second kappa shape index (κ2) is 4.17. The summed E-state index contributed by atoms with van der Waals surface area (Å²) in [4.78, 5) is 11.0. The summed E-state index contributed by atoms with van der Waals surface area (Å²) in [5, 5.41) is 0. The zero-order valence-electron chi connectivity index (χ0n) is 7.88. The van der Waals surface area contributed by atoms with Gasteiger partial charge in [0.25, 0.3) is 0 Å². The minimum Gasteiger partial charge on any atom is -0.496 e. The highest BCUT2D eigenvalue weighted by atomic mass is 19.3. The molecule has 0 amide bonds. The predicted octanol–water partition coefficient (Wildman–Crippen LogP) is 2.45. The number of ether oxygens (including phenoxy) is 1. The lowest BCUT2D eigenvalue weighted by molar-refractivity contribution is 0.0675. The van der Waals surface area contributed by atoms with Gasteiger partial charge >= 0.3 is 6.43 Å². The molecule has 0 saturated carbocycles. The Hall–Kier alpha value is -1.45. The first-order valence-electron chi connectivity index (χ1n) is 4.04. The van der Waals surface area contributed by atoms with E-state index in [0.29, 0.717) is 5.56 Å². The first-order valence-corrected chi connectivity index (χ1v) is 4.04. The van der Waals surface area contributed by atoms with Crippen LogP contribution in [0.5, 0.6) is 5.75 Å². The van der Waals surface area contributed by atoms with Crippen molar-refractivity contribution in [2.24, 2.45) is 0 Å². The molecule has 2 nitrogen and oxygen atoms in total. The molecule has 0 radical (unpaired) electrons. The molecular weight excluding hydrogens is 190 g/mol. The van der Waals surface area contributed by atoms with E-state index in [-0.39, 0.29) is 11.3 Å². The first kappa shape index (κ1) is 10.6. The topological polar surface area (TPSA) is 26.3 Å². The van der Waals surface area contributed by atoms with Gasteiger partial charge in [-0.15, -0.1) is 0 Å². The van der Waals surface area contributed by atoms with Crippen molar-refractivity contribution in [2.45, 2.75) is 13.3 Å². The Morgan fingerprint density at radius 1 is 1.43 bits per heavy atom. The van der Waals surface area contributed by atoms with Crippen LogP contribution in [0.1, 0.15) is 15.9 Å². The quantitative estimate of drug-likeness (QED) is 0.700. The fourth-order valence-corrected chi connectivity index (χ4v) is 1.23. The third-order valence-electron chi connectivity index (χ3n) is 1.88. The second-order valence-electron chi connectivity index (χ2n) is 2.82. The van der Waals surface area contributed by atoms with Crippen LogP contribution in [0, 0.1) is 6.92 Å². The molecule has 1 rings (SSSR count). The number of aryl methyl sites for hydroxylation is 1. The Kier molecular flexibility index (Phi) is 3.17. The number of carbonyl (C=O) groups excluding carboxylic acids is 1. The summed E-state index contributed by atoms with van der Waals surface area (Å²) in [6.45, 7) is 1.70. The lowest BCUT2D eigenvalue weighted by Crippen LogP contribution is -2.12. The summed E-state index contributed by atoms with van der Waals surface area (Å²) in [6, 6.07) is 4.58. The fourth-order valence-electron chi connectivity index (χ4n) is 1.23. The number of alkyl halides is 2. The van der Waals surface area contributed by atoms with Gasteiger partial charge in [-0.1, -0.05) is 12.1 Å². The van der Waals surface area contributed by atoms with Gasteiger partial charge in [0.1, 0.15) is 5.75 Å². The van der Waals surface area contributed by atoms with Crippen molar-refractivity contribution in [3.8, 4) is 5.75 Å². The van der Waals surface area contributed by atoms with E-state index in [9.17, 15) is 13.6 Å². The summed E-state index contributed by atoms with van der Waals surface area (Å²) in [7, 11) is 1.35. The third-order valence-corrected chi connectivity index (χ3v) is 1.88. The maximum atomic E-state index is 12.2. The van der Waals surface area contributed by atoms with Crippen molar-refractivity contribution in [3.63, 3.8) is 0 Å². The molecule has 0 N–H and O–H groups in total. The van der Waals surface area contributed by atoms with Crippen LogP contribution >= 0.6 is 0 Å². The molecule has 1 aromatic carbocycles. The molecule has 76 valence electrons. The van der Waals surface area contributed by atoms with E-state index in [0.717, 1.165) is 0 Å². The molecule has 0 fully saturated rings. The van der Waals surface area contributed by atoms with E-state index in [1.165, 1.54) is 13.2 Å². The molecule has 4 heteroatoms. The molecule has 0 heterocycles. The van der Waals surface area contributed by atoms with Gasteiger partial charge in [-0.3, -0.25) is 4.79 Å². The highest BCUT2D eigenvalue weighted by Gasteiger charge is 2.22. The van der Waals surface area contributed by atoms with Crippen LogP contribution in [0.15, 0.2) is 18.2 Å². The van der Waals surface area contributed by atoms with Crippen LogP contribution in [-0.2, 0) is 0 Å². The summed E-state index contributed by atoms with van der Waals surface area (Å²) < 4.78 is 29.2. The average molecular weight is 200 g/mol. The van der Waals surface area contributed by atoms with E-state index in [2.05, 4.69) is 0 Å². The smallest absolute Gasteiger partial charge is 0.300 e. The SMILES string of the molecule is COc1c(C)cccc1C(=O)C(F)F. The number of halogens is 2. The molecule has 1 aromatic rings. The van der Waals surface area contributed by atoms with Crippen LogP contribution in [0.4, 0.5) is 8.78 Å². The summed E-state index contributed by atoms with van der Waals surface area (Å²) in [5.74, 6) is -0.983. The molecule has 0 aliphatic heterocycles. The highest BCUT2D eigenvalue weighted by Crippen LogP contribution is 2.24. The van der Waals surface area contributed by atoms with Crippen LogP contribution in [-0.4, -0.2) is 19.3 Å². The first-order chi connectivity index (χ1) is 6.57. The number of para-hydroxylation sites is 1. The van der Waals surface area contributed by atoms with Gasteiger partial charge in [0, 0.05) is 0 Å². The molecule has 0 spiro atoms. The molecule has 0 aliphatic carbocycles. The Bertz CT molecular complexity index is 348. The number of benzene rings is 1. The zero-order valence-corrected chi connectivity index (χ0v) is 7.88. The van der Waals surface area contributed by atoms with E-state index in [4.69, 9.17) is 4.74 Å². The van der Waals surface area contributed by atoms with Crippen molar-refractivity contribution >= 4 is 5.78 Å². The van der Waals surface area contributed by atoms with Crippen molar-refractivity contribution in [1.29, 1.82) is 0 Å². The van der Waals surface area contributed by atoms with Crippen molar-refractivity contribution in [3.05, 3.63) is 29.3 Å². The lowest BCUT2D eigenvalue weighted by atomic mass is 10.1. The Morgan fingerprint density at radius 2 is 2.07 bits per heavy atom. The Labute approximate surface area is 80.5 Å². The molecule has 0 bridgehead atoms. The molecule has 0 aromatic heterocycles.